The molecule has 1 aliphatic carbocycles. The first-order valence-corrected chi connectivity index (χ1v) is 8.82. The highest BCUT2D eigenvalue weighted by atomic mass is 16.2. The highest BCUT2D eigenvalue weighted by Gasteiger charge is 2.47. The summed E-state index contributed by atoms with van der Waals surface area (Å²) in [5, 5.41) is 2.13. The Labute approximate surface area is 151 Å². The van der Waals surface area contributed by atoms with Crippen LogP contribution in [0, 0.1) is 11.8 Å². The molecular weight excluding hydrogens is 328 g/mol. The van der Waals surface area contributed by atoms with Crippen LogP contribution < -0.4 is 4.90 Å². The van der Waals surface area contributed by atoms with E-state index in [1.807, 2.05) is 54.6 Å². The maximum atomic E-state index is 12.7. The molecule has 2 aliphatic rings. The molecule has 2 aromatic rings. The molecule has 0 aromatic heterocycles. The zero-order chi connectivity index (χ0) is 18.3. The minimum absolute atomic E-state index is 0.200. The summed E-state index contributed by atoms with van der Waals surface area (Å²) in [6, 6.07) is 13.7. The van der Waals surface area contributed by atoms with Crippen molar-refractivity contribution in [2.24, 2.45) is 11.8 Å². The van der Waals surface area contributed by atoms with E-state index in [1.165, 1.54) is 4.90 Å². The Morgan fingerprint density at radius 1 is 1.00 bits per heavy atom. The molecule has 2 aromatic carbocycles. The number of amides is 3. The van der Waals surface area contributed by atoms with Crippen LogP contribution in [0.25, 0.3) is 10.8 Å². The molecule has 0 bridgehead atoms. The molecule has 1 aliphatic heterocycles. The number of hydrogen-bond donors (Lipinski definition) is 0. The monoisotopic (exact) mass is 348 g/mol. The first kappa shape index (κ1) is 16.5. The number of likely N-dealkylation sites (tertiary alicyclic amines) is 1. The third kappa shape index (κ3) is 2.69. The smallest absolute Gasteiger partial charge is 0.246 e. The molecule has 0 radical (unpaired) electrons. The number of rotatable bonds is 3. The van der Waals surface area contributed by atoms with Crippen LogP contribution >= 0.6 is 0 Å². The maximum absolute atomic E-state index is 12.7. The Balaban J connectivity index is 1.52. The topological polar surface area (TPSA) is 57.7 Å². The SMILES string of the molecule is CN(C(=O)CN1C(=O)[C@@H]2CC=CC[C@H]2C1=O)c1ccc2ccccc2c1. The summed E-state index contributed by atoms with van der Waals surface area (Å²) in [5.74, 6) is -1.31. The number of hydrogen-bond acceptors (Lipinski definition) is 3. The summed E-state index contributed by atoms with van der Waals surface area (Å²) >= 11 is 0. The number of nitrogens with zero attached hydrogens (tertiary/aromatic N) is 2. The molecule has 5 nitrogen and oxygen atoms in total. The number of carbonyl (C=O) groups is 3. The number of allylic oxidation sites excluding steroid dienone is 2. The molecule has 0 saturated carbocycles. The van der Waals surface area contributed by atoms with Gasteiger partial charge in [0, 0.05) is 12.7 Å². The van der Waals surface area contributed by atoms with Crippen LogP contribution in [0.3, 0.4) is 0 Å². The highest BCUT2D eigenvalue weighted by Crippen LogP contribution is 2.35. The second kappa shape index (κ2) is 6.41. The number of benzene rings is 2. The third-order valence-electron chi connectivity index (χ3n) is 5.39. The number of anilines is 1. The Bertz CT molecular complexity index is 908. The van der Waals surface area contributed by atoms with Crippen molar-refractivity contribution in [1.82, 2.24) is 4.90 Å². The van der Waals surface area contributed by atoms with Crippen LogP contribution in [-0.2, 0) is 14.4 Å². The van der Waals surface area contributed by atoms with Gasteiger partial charge < -0.3 is 4.90 Å². The molecular formula is C21H20N2O3. The minimum Gasteiger partial charge on any atom is -0.314 e. The van der Waals surface area contributed by atoms with Gasteiger partial charge in [-0.25, -0.2) is 0 Å². The lowest BCUT2D eigenvalue weighted by molar-refractivity contribution is -0.143. The second-order valence-electron chi connectivity index (χ2n) is 6.90. The van der Waals surface area contributed by atoms with Gasteiger partial charge in [-0.2, -0.15) is 0 Å². The first-order valence-electron chi connectivity index (χ1n) is 8.82. The van der Waals surface area contributed by atoms with Gasteiger partial charge in [0.15, 0.2) is 0 Å². The van der Waals surface area contributed by atoms with Crippen molar-refractivity contribution in [1.29, 1.82) is 0 Å². The Kier molecular flexibility index (Phi) is 4.07. The molecule has 1 saturated heterocycles. The molecule has 0 unspecified atom stereocenters. The van der Waals surface area contributed by atoms with E-state index in [0.717, 1.165) is 21.4 Å². The first-order chi connectivity index (χ1) is 12.6. The fraction of sp³-hybridized carbons (Fsp3) is 0.286. The Morgan fingerprint density at radius 3 is 2.27 bits per heavy atom. The van der Waals surface area contributed by atoms with Crippen LogP contribution in [-0.4, -0.2) is 36.2 Å². The fourth-order valence-electron chi connectivity index (χ4n) is 3.80. The standard InChI is InChI=1S/C21H20N2O3/c1-22(16-11-10-14-6-2-3-7-15(14)12-16)19(24)13-23-20(25)17-8-4-5-9-18(17)21(23)26/h2-7,10-12,17-18H,8-9,13H2,1H3/t17-,18-/m1/s1. The lowest BCUT2D eigenvalue weighted by Crippen LogP contribution is -2.41. The average molecular weight is 348 g/mol. The summed E-state index contributed by atoms with van der Waals surface area (Å²) in [6.07, 6.45) is 5.05. The van der Waals surface area contributed by atoms with Crippen molar-refractivity contribution in [3.05, 3.63) is 54.6 Å². The van der Waals surface area contributed by atoms with Crippen LogP contribution in [0.5, 0.6) is 0 Å². The Hall–Kier alpha value is -2.95. The predicted octanol–water partition coefficient (Wildman–Crippen LogP) is 2.75. The van der Waals surface area contributed by atoms with E-state index in [9.17, 15) is 14.4 Å². The van der Waals surface area contributed by atoms with Gasteiger partial charge in [-0.15, -0.1) is 0 Å². The third-order valence-corrected chi connectivity index (χ3v) is 5.39. The van der Waals surface area contributed by atoms with Crippen LogP contribution in [0.15, 0.2) is 54.6 Å². The van der Waals surface area contributed by atoms with E-state index in [0.29, 0.717) is 12.8 Å². The van der Waals surface area contributed by atoms with Gasteiger partial charge in [0.1, 0.15) is 6.54 Å². The van der Waals surface area contributed by atoms with Crippen LogP contribution in [0.4, 0.5) is 5.69 Å². The molecule has 132 valence electrons. The molecule has 0 spiro atoms. The van der Waals surface area contributed by atoms with E-state index >= 15 is 0 Å². The molecule has 3 amide bonds. The van der Waals surface area contributed by atoms with Gasteiger partial charge in [-0.3, -0.25) is 19.3 Å². The van der Waals surface area contributed by atoms with Crippen LogP contribution in [0.1, 0.15) is 12.8 Å². The number of carbonyl (C=O) groups excluding carboxylic acids is 3. The summed E-state index contributed by atoms with van der Waals surface area (Å²) in [4.78, 5) is 40.4. The van der Waals surface area contributed by atoms with Gasteiger partial charge in [0.2, 0.25) is 17.7 Å². The quantitative estimate of drug-likeness (QED) is 0.633. The van der Waals surface area contributed by atoms with E-state index in [-0.39, 0.29) is 36.1 Å². The molecule has 2 atom stereocenters. The highest BCUT2D eigenvalue weighted by molar-refractivity contribution is 6.09. The lowest BCUT2D eigenvalue weighted by atomic mass is 9.85. The summed E-state index contributed by atoms with van der Waals surface area (Å²) in [7, 11) is 1.67. The van der Waals surface area contributed by atoms with E-state index in [4.69, 9.17) is 0 Å². The van der Waals surface area contributed by atoms with Crippen molar-refractivity contribution in [2.45, 2.75) is 12.8 Å². The zero-order valence-electron chi connectivity index (χ0n) is 14.6. The van der Waals surface area contributed by atoms with Gasteiger partial charge in [0.25, 0.3) is 0 Å². The van der Waals surface area contributed by atoms with Gasteiger partial charge in [-0.05, 0) is 35.7 Å². The van der Waals surface area contributed by atoms with E-state index in [2.05, 4.69) is 0 Å². The van der Waals surface area contributed by atoms with Crippen molar-refractivity contribution in [2.75, 3.05) is 18.5 Å². The molecule has 1 fully saturated rings. The molecule has 4 rings (SSSR count). The summed E-state index contributed by atoms with van der Waals surface area (Å²) in [6.45, 7) is -0.200. The Morgan fingerprint density at radius 2 is 1.62 bits per heavy atom. The molecule has 1 heterocycles. The van der Waals surface area contributed by atoms with Crippen molar-refractivity contribution in [3.8, 4) is 0 Å². The molecule has 5 heteroatoms. The largest absolute Gasteiger partial charge is 0.314 e. The van der Waals surface area contributed by atoms with Gasteiger partial charge >= 0.3 is 0 Å². The maximum Gasteiger partial charge on any atom is 0.246 e. The van der Waals surface area contributed by atoms with Gasteiger partial charge in [0.05, 0.1) is 11.8 Å². The predicted molar refractivity (Wildman–Crippen MR) is 99.4 cm³/mol. The average Bonchev–Trinajstić information content (AvgIpc) is 2.92. The van der Waals surface area contributed by atoms with E-state index < -0.39 is 0 Å². The normalized spacial score (nSPS) is 22.0. The lowest BCUT2D eigenvalue weighted by Gasteiger charge is -2.21. The van der Waals surface area contributed by atoms with Gasteiger partial charge in [-0.1, -0.05) is 42.5 Å². The fourth-order valence-corrected chi connectivity index (χ4v) is 3.80. The molecule has 26 heavy (non-hydrogen) atoms. The van der Waals surface area contributed by atoms with E-state index in [1.54, 1.807) is 7.05 Å². The second-order valence-corrected chi connectivity index (χ2v) is 6.90. The number of likely N-dealkylation sites (N-methyl/N-ethyl adjacent to an activating group) is 1. The van der Waals surface area contributed by atoms with Crippen molar-refractivity contribution in [3.63, 3.8) is 0 Å². The van der Waals surface area contributed by atoms with Crippen molar-refractivity contribution >= 4 is 34.2 Å². The number of imide groups is 1. The minimum atomic E-state index is -0.300. The van der Waals surface area contributed by atoms with Crippen molar-refractivity contribution < 1.29 is 14.4 Å². The summed E-state index contributed by atoms with van der Waals surface area (Å²) in [5.41, 5.74) is 0.742. The van der Waals surface area contributed by atoms with Crippen LogP contribution in [0.2, 0.25) is 0 Å². The number of fused-ring (bicyclic) bond motifs is 2. The molecule has 0 N–H and O–H groups in total. The zero-order valence-corrected chi connectivity index (χ0v) is 14.6. The summed E-state index contributed by atoms with van der Waals surface area (Å²) < 4.78 is 0.